The van der Waals surface area contributed by atoms with E-state index in [0.717, 1.165) is 0 Å². The van der Waals surface area contributed by atoms with Crippen LogP contribution in [0.4, 0.5) is 10.1 Å². The second-order valence-corrected chi connectivity index (χ2v) is 8.08. The van der Waals surface area contributed by atoms with Crippen LogP contribution in [-0.4, -0.2) is 57.1 Å². The lowest BCUT2D eigenvalue weighted by Crippen LogP contribution is -2.43. The lowest BCUT2D eigenvalue weighted by Gasteiger charge is -2.27. The van der Waals surface area contributed by atoms with Gasteiger partial charge in [0.2, 0.25) is 0 Å². The fraction of sp³-hybridized carbons (Fsp3) is 0.409. The minimum absolute atomic E-state index is 0.0389. The van der Waals surface area contributed by atoms with Crippen molar-refractivity contribution >= 4 is 22.6 Å². The predicted molar refractivity (Wildman–Crippen MR) is 118 cm³/mol. The number of carbonyl (C=O) groups is 1. The first-order valence-electron chi connectivity index (χ1n) is 11.4. The van der Waals surface area contributed by atoms with E-state index in [9.17, 15) is 9.18 Å². The summed E-state index contributed by atoms with van der Waals surface area (Å²) in [6.45, 7) is 5.94. The summed E-state index contributed by atoms with van der Waals surface area (Å²) in [5.74, 6) is -0.214. The number of fused-ring (bicyclic) bond motifs is 1. The van der Waals surface area contributed by atoms with Gasteiger partial charge in [-0.15, -0.1) is 0 Å². The van der Waals surface area contributed by atoms with Crippen LogP contribution in [0.5, 0.6) is 0 Å². The third kappa shape index (κ3) is 4.84. The number of nitriles is 1. The van der Waals surface area contributed by atoms with Gasteiger partial charge in [-0.3, -0.25) is 4.79 Å². The van der Waals surface area contributed by atoms with Gasteiger partial charge in [-0.05, 0) is 33.8 Å². The molecule has 2 N–H and O–H groups in total. The summed E-state index contributed by atoms with van der Waals surface area (Å²) in [4.78, 5) is 21.5. The molecule has 0 aromatic carbocycles. The molecule has 1 atom stereocenters. The zero-order chi connectivity index (χ0) is 26.0. The molecular weight excluding hydrogens is 413 g/mol. The Bertz CT molecular complexity index is 1270. The van der Waals surface area contributed by atoms with Crippen molar-refractivity contribution in [3.8, 4) is 11.9 Å². The molecule has 0 saturated carbocycles. The summed E-state index contributed by atoms with van der Waals surface area (Å²) in [6, 6.07) is 5.27. The number of ether oxygens (including phenoxy) is 1. The van der Waals surface area contributed by atoms with Gasteiger partial charge in [0.05, 0.1) is 39.3 Å². The van der Waals surface area contributed by atoms with E-state index < -0.39 is 31.3 Å². The average Bonchev–Trinajstić information content (AvgIpc) is 3.18. The topological polar surface area (TPSA) is 118 Å². The van der Waals surface area contributed by atoms with Crippen LogP contribution in [0.1, 0.15) is 47.7 Å². The van der Waals surface area contributed by atoms with E-state index in [1.165, 1.54) is 30.9 Å². The molecule has 1 unspecified atom stereocenters. The molecule has 32 heavy (non-hydrogen) atoms. The highest BCUT2D eigenvalue weighted by molar-refractivity contribution is 5.99. The number of amides is 1. The Morgan fingerprint density at radius 3 is 2.81 bits per heavy atom. The molecule has 10 heteroatoms. The second kappa shape index (κ2) is 9.28. The van der Waals surface area contributed by atoms with Crippen LogP contribution in [0.3, 0.4) is 0 Å². The largest absolute Gasteiger partial charge is 0.382 e. The van der Waals surface area contributed by atoms with Crippen LogP contribution in [0.25, 0.3) is 16.9 Å². The summed E-state index contributed by atoms with van der Waals surface area (Å²) in [5.41, 5.74) is -0.147. The van der Waals surface area contributed by atoms with Gasteiger partial charge in [-0.25, -0.2) is 14.4 Å². The van der Waals surface area contributed by atoms with E-state index in [1.807, 2.05) is 19.9 Å². The number of alkyl halides is 1. The van der Waals surface area contributed by atoms with Gasteiger partial charge < -0.3 is 15.4 Å². The number of methoxy groups -OCH3 is 1. The molecular formula is C22H26FN7O2. The Balaban J connectivity index is 1.85. The Hall–Kier alpha value is -3.58. The SMILES string of the molecule is [2H]C([2H])([2H])OC(C)(C)C(F)CNC(=O)c1cnc(-n2ncc3cc(C#N)cnc32)cc1NC(C)C. The number of halogens is 1. The van der Waals surface area contributed by atoms with Crippen molar-refractivity contribution in [2.75, 3.05) is 18.9 Å². The van der Waals surface area contributed by atoms with Crippen LogP contribution in [-0.2, 0) is 4.74 Å². The molecule has 0 spiro atoms. The van der Waals surface area contributed by atoms with Gasteiger partial charge >= 0.3 is 0 Å². The molecule has 0 aliphatic rings. The first-order valence-corrected chi connectivity index (χ1v) is 9.94. The number of nitrogens with one attached hydrogen (secondary N) is 2. The van der Waals surface area contributed by atoms with Crippen LogP contribution in [0.2, 0.25) is 0 Å². The van der Waals surface area contributed by atoms with Gasteiger partial charge in [0.25, 0.3) is 5.91 Å². The number of aromatic nitrogens is 4. The zero-order valence-corrected chi connectivity index (χ0v) is 18.2. The van der Waals surface area contributed by atoms with Crippen molar-refractivity contribution in [2.45, 2.75) is 45.5 Å². The molecule has 0 bridgehead atoms. The third-order valence-electron chi connectivity index (χ3n) is 4.79. The fourth-order valence-electron chi connectivity index (χ4n) is 2.91. The molecule has 3 aromatic heterocycles. The van der Waals surface area contributed by atoms with Gasteiger partial charge in [0.15, 0.2) is 11.5 Å². The minimum Gasteiger partial charge on any atom is -0.382 e. The molecule has 168 valence electrons. The molecule has 0 aliphatic heterocycles. The maximum absolute atomic E-state index is 14.7. The Labute approximate surface area is 189 Å². The van der Waals surface area contributed by atoms with E-state index in [2.05, 4.69) is 25.7 Å². The first-order chi connectivity index (χ1) is 16.3. The highest BCUT2D eigenvalue weighted by Gasteiger charge is 2.30. The fourth-order valence-corrected chi connectivity index (χ4v) is 2.91. The summed E-state index contributed by atoms with van der Waals surface area (Å²) in [6.07, 6.45) is 2.55. The van der Waals surface area contributed by atoms with E-state index in [1.54, 1.807) is 18.3 Å². The van der Waals surface area contributed by atoms with Crippen molar-refractivity contribution in [3.05, 3.63) is 41.9 Å². The van der Waals surface area contributed by atoms with Crippen LogP contribution in [0.15, 0.2) is 30.7 Å². The first kappa shape index (κ1) is 19.1. The predicted octanol–water partition coefficient (Wildman–Crippen LogP) is 3.00. The maximum Gasteiger partial charge on any atom is 0.255 e. The number of hydrogen-bond donors (Lipinski definition) is 2. The summed E-state index contributed by atoms with van der Waals surface area (Å²) in [5, 5.41) is 19.7. The van der Waals surface area contributed by atoms with E-state index in [4.69, 9.17) is 14.1 Å². The van der Waals surface area contributed by atoms with Gasteiger partial charge in [0, 0.05) is 36.9 Å². The summed E-state index contributed by atoms with van der Waals surface area (Å²) < 4.78 is 42.6. The molecule has 0 fully saturated rings. The van der Waals surface area contributed by atoms with Crippen LogP contribution >= 0.6 is 0 Å². The zero-order valence-electron chi connectivity index (χ0n) is 21.2. The molecule has 0 aliphatic carbocycles. The van der Waals surface area contributed by atoms with E-state index >= 15 is 0 Å². The highest BCUT2D eigenvalue weighted by Crippen LogP contribution is 2.22. The van der Waals surface area contributed by atoms with Gasteiger partial charge in [-0.2, -0.15) is 15.0 Å². The van der Waals surface area contributed by atoms with Crippen LogP contribution in [0, 0.1) is 11.3 Å². The summed E-state index contributed by atoms with van der Waals surface area (Å²) in [7, 11) is -2.77. The Morgan fingerprint density at radius 1 is 1.34 bits per heavy atom. The smallest absolute Gasteiger partial charge is 0.255 e. The molecule has 3 rings (SSSR count). The molecule has 9 nitrogen and oxygen atoms in total. The van der Waals surface area contributed by atoms with Crippen molar-refractivity contribution in [1.29, 1.82) is 5.26 Å². The monoisotopic (exact) mass is 442 g/mol. The quantitative estimate of drug-likeness (QED) is 0.551. The van der Waals surface area contributed by atoms with Crippen LogP contribution < -0.4 is 10.6 Å². The number of carbonyl (C=O) groups excluding carboxylic acids is 1. The third-order valence-corrected chi connectivity index (χ3v) is 4.79. The normalized spacial score (nSPS) is 14.3. The Morgan fingerprint density at radius 2 is 2.12 bits per heavy atom. The van der Waals surface area contributed by atoms with Crippen molar-refractivity contribution < 1.29 is 18.0 Å². The van der Waals surface area contributed by atoms with Crippen molar-refractivity contribution in [1.82, 2.24) is 25.1 Å². The molecule has 3 aromatic rings. The van der Waals surface area contributed by atoms with Gasteiger partial charge in [0.1, 0.15) is 12.2 Å². The summed E-state index contributed by atoms with van der Waals surface area (Å²) >= 11 is 0. The maximum atomic E-state index is 14.7. The number of nitrogens with zero attached hydrogens (tertiary/aromatic N) is 5. The second-order valence-electron chi connectivity index (χ2n) is 8.08. The van der Waals surface area contributed by atoms with Crippen molar-refractivity contribution in [2.24, 2.45) is 0 Å². The lowest BCUT2D eigenvalue weighted by atomic mass is 10.0. The van der Waals surface area contributed by atoms with Crippen molar-refractivity contribution in [3.63, 3.8) is 0 Å². The lowest BCUT2D eigenvalue weighted by molar-refractivity contribution is -0.0404. The molecule has 0 radical (unpaired) electrons. The molecule has 1 amide bonds. The molecule has 3 heterocycles. The number of pyridine rings is 2. The van der Waals surface area contributed by atoms with Gasteiger partial charge in [-0.1, -0.05) is 0 Å². The number of rotatable bonds is 8. The van der Waals surface area contributed by atoms with E-state index in [0.29, 0.717) is 28.1 Å². The average molecular weight is 443 g/mol. The molecule has 0 saturated heterocycles. The van der Waals surface area contributed by atoms with E-state index in [-0.39, 0.29) is 11.6 Å². The number of hydrogen-bond acceptors (Lipinski definition) is 7. The minimum atomic E-state index is -2.77. The Kier molecular flexibility index (Phi) is 5.55. The number of anilines is 1. The standard InChI is InChI=1S/C22H26FN7O2/c1-13(2)29-17-7-19(30-20-15(10-28-30)6-14(8-24)9-26-20)25-11-16(17)21(31)27-12-18(23)22(3,4)32-5/h6-7,9-11,13,18H,12H2,1-5H3,(H,25,29)(H,27,31)/i5D3. The highest BCUT2D eigenvalue weighted by atomic mass is 19.1.